The molecule has 0 aromatic heterocycles. The third-order valence-electron chi connectivity index (χ3n) is 7.04. The van der Waals surface area contributed by atoms with E-state index in [-0.39, 0.29) is 23.5 Å². The monoisotopic (exact) mass is 693 g/mol. The fraction of sp³-hybridized carbons (Fsp3) is 0.257. The smallest absolute Gasteiger partial charge is 0.264 e. The Morgan fingerprint density at radius 1 is 0.844 bits per heavy atom. The number of anilines is 1. The number of carbonyl (C=O) groups is 2. The second-order valence-electron chi connectivity index (χ2n) is 11.9. The zero-order valence-electron chi connectivity index (χ0n) is 25.7. The van der Waals surface area contributed by atoms with Crippen molar-refractivity contribution in [1.29, 1.82) is 0 Å². The molecule has 0 fully saturated rings. The SMILES string of the molecule is Cc1ccc(S(=O)(=O)N(CC(=O)N(Cc2ccc(F)cc2)[C@@H](Cc2ccccc2)C(=O)NC(C)(C)C)c2ccc(Br)cc2)cc1. The molecule has 0 unspecified atom stereocenters. The minimum atomic E-state index is -4.20. The van der Waals surface area contributed by atoms with Crippen molar-refractivity contribution < 1.29 is 22.4 Å². The summed E-state index contributed by atoms with van der Waals surface area (Å²) in [5.41, 5.74) is 1.98. The minimum absolute atomic E-state index is 0.0280. The van der Waals surface area contributed by atoms with Crippen LogP contribution >= 0.6 is 15.9 Å². The molecule has 0 spiro atoms. The van der Waals surface area contributed by atoms with Gasteiger partial charge in [0.15, 0.2) is 0 Å². The van der Waals surface area contributed by atoms with Gasteiger partial charge in [0.25, 0.3) is 10.0 Å². The Labute approximate surface area is 273 Å². The Balaban J connectivity index is 1.81. The molecule has 236 valence electrons. The quantitative estimate of drug-likeness (QED) is 0.191. The van der Waals surface area contributed by atoms with Crippen LogP contribution in [0.2, 0.25) is 0 Å². The maximum Gasteiger partial charge on any atom is 0.264 e. The standard InChI is InChI=1S/C35H37BrFN3O4S/c1-25-10-20-31(21-11-25)45(43,44)40(30-18-14-28(36)15-19-30)24-33(41)39(23-27-12-16-29(37)17-13-27)32(34(42)38-35(2,3)4)22-26-8-6-5-7-9-26/h5-21,32H,22-24H2,1-4H3,(H,38,42)/t32-/m0/s1. The van der Waals surface area contributed by atoms with Crippen LogP contribution in [0.3, 0.4) is 0 Å². The summed E-state index contributed by atoms with van der Waals surface area (Å²) in [5.74, 6) is -1.42. The largest absolute Gasteiger partial charge is 0.350 e. The van der Waals surface area contributed by atoms with Gasteiger partial charge in [-0.05, 0) is 87.4 Å². The highest BCUT2D eigenvalue weighted by Gasteiger charge is 2.35. The van der Waals surface area contributed by atoms with Crippen molar-refractivity contribution in [2.45, 2.75) is 57.1 Å². The van der Waals surface area contributed by atoms with Gasteiger partial charge in [0.1, 0.15) is 18.4 Å². The van der Waals surface area contributed by atoms with Gasteiger partial charge in [-0.25, -0.2) is 12.8 Å². The average molecular weight is 695 g/mol. The summed E-state index contributed by atoms with van der Waals surface area (Å²) in [6.07, 6.45) is 0.179. The molecule has 4 rings (SSSR count). The molecule has 0 aliphatic heterocycles. The Morgan fingerprint density at radius 3 is 2.02 bits per heavy atom. The third kappa shape index (κ3) is 9.25. The van der Waals surface area contributed by atoms with E-state index < -0.39 is 45.8 Å². The molecule has 7 nitrogen and oxygen atoms in total. The first kappa shape index (κ1) is 33.9. The fourth-order valence-electron chi connectivity index (χ4n) is 4.77. The maximum atomic E-state index is 14.5. The predicted octanol–water partition coefficient (Wildman–Crippen LogP) is 6.65. The molecule has 45 heavy (non-hydrogen) atoms. The van der Waals surface area contributed by atoms with Crippen molar-refractivity contribution >= 4 is 43.5 Å². The van der Waals surface area contributed by atoms with E-state index in [9.17, 15) is 22.4 Å². The topological polar surface area (TPSA) is 86.8 Å². The highest BCUT2D eigenvalue weighted by Crippen LogP contribution is 2.27. The second kappa shape index (κ2) is 14.4. The van der Waals surface area contributed by atoms with Gasteiger partial charge in [0.05, 0.1) is 10.6 Å². The zero-order valence-corrected chi connectivity index (χ0v) is 28.1. The molecule has 0 saturated carbocycles. The van der Waals surface area contributed by atoms with Crippen LogP contribution in [-0.4, -0.2) is 43.3 Å². The number of hydrogen-bond acceptors (Lipinski definition) is 4. The van der Waals surface area contributed by atoms with Crippen LogP contribution in [0.5, 0.6) is 0 Å². The first-order valence-corrected chi connectivity index (χ1v) is 16.7. The lowest BCUT2D eigenvalue weighted by Crippen LogP contribution is -2.56. The molecule has 1 N–H and O–H groups in total. The van der Waals surface area contributed by atoms with E-state index in [0.29, 0.717) is 5.56 Å². The minimum Gasteiger partial charge on any atom is -0.350 e. The summed E-state index contributed by atoms with van der Waals surface area (Å²) in [4.78, 5) is 29.8. The summed E-state index contributed by atoms with van der Waals surface area (Å²) in [6.45, 7) is 6.77. The Bertz CT molecular complexity index is 1710. The molecular weight excluding hydrogens is 657 g/mol. The van der Waals surface area contributed by atoms with Crippen molar-refractivity contribution in [2.75, 3.05) is 10.8 Å². The molecule has 2 amide bonds. The summed E-state index contributed by atoms with van der Waals surface area (Å²) in [6, 6.07) is 27.0. The number of nitrogens with one attached hydrogen (secondary N) is 1. The van der Waals surface area contributed by atoms with E-state index in [1.165, 1.54) is 29.2 Å². The molecular formula is C35H37BrFN3O4S. The Kier molecular flexibility index (Phi) is 10.8. The fourth-order valence-corrected chi connectivity index (χ4v) is 6.45. The van der Waals surface area contributed by atoms with Crippen LogP contribution in [0.25, 0.3) is 0 Å². The number of carbonyl (C=O) groups excluding carboxylic acids is 2. The summed E-state index contributed by atoms with van der Waals surface area (Å²) in [5, 5.41) is 2.99. The van der Waals surface area contributed by atoms with Gasteiger partial charge in [-0.3, -0.25) is 13.9 Å². The normalized spacial score (nSPS) is 12.3. The highest BCUT2D eigenvalue weighted by molar-refractivity contribution is 9.10. The highest BCUT2D eigenvalue weighted by atomic mass is 79.9. The molecule has 4 aromatic carbocycles. The summed E-state index contributed by atoms with van der Waals surface area (Å²) >= 11 is 3.39. The lowest BCUT2D eigenvalue weighted by atomic mass is 10.0. The van der Waals surface area contributed by atoms with Crippen molar-refractivity contribution in [3.63, 3.8) is 0 Å². The molecule has 0 aliphatic rings. The number of benzene rings is 4. The van der Waals surface area contributed by atoms with Gasteiger partial charge < -0.3 is 10.2 Å². The number of hydrogen-bond donors (Lipinski definition) is 1. The van der Waals surface area contributed by atoms with E-state index in [4.69, 9.17) is 0 Å². The molecule has 0 radical (unpaired) electrons. The van der Waals surface area contributed by atoms with Gasteiger partial charge in [0, 0.05) is 23.0 Å². The number of nitrogens with zero attached hydrogens (tertiary/aromatic N) is 2. The van der Waals surface area contributed by atoms with Crippen LogP contribution in [0.15, 0.2) is 112 Å². The molecule has 4 aromatic rings. The van der Waals surface area contributed by atoms with Gasteiger partial charge >= 0.3 is 0 Å². The van der Waals surface area contributed by atoms with E-state index in [0.717, 1.165) is 19.9 Å². The van der Waals surface area contributed by atoms with Crippen LogP contribution in [0.1, 0.15) is 37.5 Å². The lowest BCUT2D eigenvalue weighted by Gasteiger charge is -2.35. The third-order valence-corrected chi connectivity index (χ3v) is 9.35. The summed E-state index contributed by atoms with van der Waals surface area (Å²) < 4.78 is 43.8. The maximum absolute atomic E-state index is 14.5. The van der Waals surface area contributed by atoms with Crippen molar-refractivity contribution in [3.05, 3.63) is 130 Å². The number of halogens is 2. The zero-order chi connectivity index (χ0) is 32.8. The molecule has 0 heterocycles. The van der Waals surface area contributed by atoms with Crippen LogP contribution in [0.4, 0.5) is 10.1 Å². The molecule has 10 heteroatoms. The Hall–Kier alpha value is -4.02. The van der Waals surface area contributed by atoms with Crippen LogP contribution < -0.4 is 9.62 Å². The lowest BCUT2D eigenvalue weighted by molar-refractivity contribution is -0.140. The van der Waals surface area contributed by atoms with E-state index >= 15 is 0 Å². The first-order valence-electron chi connectivity index (χ1n) is 14.5. The van der Waals surface area contributed by atoms with Crippen LogP contribution in [0, 0.1) is 12.7 Å². The van der Waals surface area contributed by atoms with E-state index in [1.807, 2.05) is 58.0 Å². The van der Waals surface area contributed by atoms with Gasteiger partial charge in [-0.2, -0.15) is 0 Å². The number of amides is 2. The Morgan fingerprint density at radius 2 is 1.44 bits per heavy atom. The number of rotatable bonds is 11. The van der Waals surface area contributed by atoms with Gasteiger partial charge in [-0.1, -0.05) is 76.1 Å². The summed E-state index contributed by atoms with van der Waals surface area (Å²) in [7, 11) is -4.20. The van der Waals surface area contributed by atoms with E-state index in [1.54, 1.807) is 48.5 Å². The van der Waals surface area contributed by atoms with Crippen molar-refractivity contribution in [1.82, 2.24) is 10.2 Å². The average Bonchev–Trinajstić information content (AvgIpc) is 2.99. The van der Waals surface area contributed by atoms with Crippen molar-refractivity contribution in [3.8, 4) is 0 Å². The molecule has 0 aliphatic carbocycles. The number of aryl methyl sites for hydroxylation is 1. The second-order valence-corrected chi connectivity index (χ2v) is 14.7. The van der Waals surface area contributed by atoms with Gasteiger partial charge in [-0.15, -0.1) is 0 Å². The number of sulfonamides is 1. The molecule has 1 atom stereocenters. The first-order chi connectivity index (χ1) is 21.2. The van der Waals surface area contributed by atoms with E-state index in [2.05, 4.69) is 21.2 Å². The van der Waals surface area contributed by atoms with Crippen LogP contribution in [-0.2, 0) is 32.6 Å². The molecule has 0 bridgehead atoms. The van der Waals surface area contributed by atoms with Crippen molar-refractivity contribution in [2.24, 2.45) is 0 Å². The van der Waals surface area contributed by atoms with Gasteiger partial charge in [0.2, 0.25) is 11.8 Å². The molecule has 0 saturated heterocycles. The predicted molar refractivity (Wildman–Crippen MR) is 179 cm³/mol.